The molecule has 29 heavy (non-hydrogen) atoms. The lowest BCUT2D eigenvalue weighted by atomic mass is 9.89. The van der Waals surface area contributed by atoms with Gasteiger partial charge in [0.25, 0.3) is 0 Å². The molecule has 2 aliphatic rings. The average Bonchev–Trinajstić information content (AvgIpc) is 2.72. The van der Waals surface area contributed by atoms with E-state index < -0.39 is 23.6 Å². The summed E-state index contributed by atoms with van der Waals surface area (Å²) >= 11 is 0. The quantitative estimate of drug-likeness (QED) is 0.620. The number of halogens is 3. The van der Waals surface area contributed by atoms with Crippen LogP contribution in [0.1, 0.15) is 69.4 Å². The number of hydrogen-bond acceptors (Lipinski definition) is 3. The highest BCUT2D eigenvalue weighted by atomic mass is 19.2. The van der Waals surface area contributed by atoms with Crippen LogP contribution in [0.5, 0.6) is 0 Å². The van der Waals surface area contributed by atoms with Crippen LogP contribution in [-0.2, 0) is 14.2 Å². The summed E-state index contributed by atoms with van der Waals surface area (Å²) in [6.07, 6.45) is 3.96. The van der Waals surface area contributed by atoms with E-state index in [2.05, 4.69) is 18.8 Å². The Morgan fingerprint density at radius 1 is 1.03 bits per heavy atom. The Morgan fingerprint density at radius 3 is 2.41 bits per heavy atom. The Hall–Kier alpha value is -1.55. The molecule has 160 valence electrons. The Kier molecular flexibility index (Phi) is 7.61. The average molecular weight is 410 g/mol. The van der Waals surface area contributed by atoms with Crippen molar-refractivity contribution >= 4 is 0 Å². The van der Waals surface area contributed by atoms with Gasteiger partial charge in [-0.25, -0.2) is 13.2 Å². The summed E-state index contributed by atoms with van der Waals surface area (Å²) in [6.45, 7) is 4.16. The Bertz CT molecular complexity index is 740. The second kappa shape index (κ2) is 9.97. The van der Waals surface area contributed by atoms with Crippen molar-refractivity contribution in [1.29, 1.82) is 0 Å². The molecule has 2 unspecified atom stereocenters. The lowest BCUT2D eigenvalue weighted by molar-refractivity contribution is -0.208. The molecule has 1 aromatic rings. The van der Waals surface area contributed by atoms with Crippen LogP contribution in [0.15, 0.2) is 12.1 Å². The monoisotopic (exact) mass is 410 g/mol. The number of ether oxygens (including phenoxy) is 3. The number of benzene rings is 1. The zero-order valence-electron chi connectivity index (χ0n) is 17.1. The van der Waals surface area contributed by atoms with Gasteiger partial charge >= 0.3 is 0 Å². The first-order chi connectivity index (χ1) is 14.0. The summed E-state index contributed by atoms with van der Waals surface area (Å²) in [5, 5.41) is 0. The third kappa shape index (κ3) is 5.53. The topological polar surface area (TPSA) is 27.7 Å². The number of hydrogen-bond donors (Lipinski definition) is 0. The van der Waals surface area contributed by atoms with Gasteiger partial charge in [0.15, 0.2) is 17.3 Å². The van der Waals surface area contributed by atoms with Crippen molar-refractivity contribution in [2.45, 2.75) is 76.4 Å². The first kappa shape index (κ1) is 22.1. The number of rotatable bonds is 5. The van der Waals surface area contributed by atoms with Crippen molar-refractivity contribution in [3.63, 3.8) is 0 Å². The van der Waals surface area contributed by atoms with Gasteiger partial charge < -0.3 is 14.2 Å². The zero-order chi connectivity index (χ0) is 20.9. The van der Waals surface area contributed by atoms with E-state index in [4.69, 9.17) is 14.2 Å². The molecule has 0 N–H and O–H groups in total. The minimum absolute atomic E-state index is 0.0651. The first-order valence-electron chi connectivity index (χ1n) is 10.5. The Labute approximate surface area is 170 Å². The molecule has 2 fully saturated rings. The van der Waals surface area contributed by atoms with Crippen molar-refractivity contribution in [3.05, 3.63) is 34.9 Å². The van der Waals surface area contributed by atoms with Crippen LogP contribution in [0.25, 0.3) is 0 Å². The largest absolute Gasteiger partial charge is 0.378 e. The molecule has 3 rings (SSSR count). The standard InChI is InChI=1S/C23H29F3O3/c1-3-5-18-9-6-17(13-27-18)19-10-7-16(21(24)22(19)25)8-11-20-28-14-23(26,12-4-2)15-29-20/h7,10,17-18,20H,3-6,9,12-15H2,1-2H3. The second-order valence-corrected chi connectivity index (χ2v) is 7.97. The van der Waals surface area contributed by atoms with Crippen molar-refractivity contribution in [2.75, 3.05) is 19.8 Å². The molecule has 3 nitrogen and oxygen atoms in total. The van der Waals surface area contributed by atoms with Crippen LogP contribution in [0.3, 0.4) is 0 Å². The van der Waals surface area contributed by atoms with Crippen LogP contribution >= 0.6 is 0 Å². The molecular formula is C23H29F3O3. The van der Waals surface area contributed by atoms with Gasteiger partial charge in [0.2, 0.25) is 6.29 Å². The molecule has 2 saturated heterocycles. The van der Waals surface area contributed by atoms with Gasteiger partial charge in [-0.3, -0.25) is 0 Å². The predicted octanol–water partition coefficient (Wildman–Crippen LogP) is 5.26. The summed E-state index contributed by atoms with van der Waals surface area (Å²) in [7, 11) is 0. The van der Waals surface area contributed by atoms with Gasteiger partial charge in [0.1, 0.15) is 0 Å². The van der Waals surface area contributed by atoms with Gasteiger partial charge in [0, 0.05) is 5.92 Å². The lowest BCUT2D eigenvalue weighted by Crippen LogP contribution is -2.43. The minimum atomic E-state index is -1.51. The highest BCUT2D eigenvalue weighted by molar-refractivity contribution is 5.40. The molecule has 0 aromatic heterocycles. The molecule has 0 amide bonds. The molecule has 0 aliphatic carbocycles. The van der Waals surface area contributed by atoms with Gasteiger partial charge in [-0.15, -0.1) is 0 Å². The fraction of sp³-hybridized carbons (Fsp3) is 0.652. The Balaban J connectivity index is 1.63. The van der Waals surface area contributed by atoms with E-state index in [1.165, 1.54) is 6.07 Å². The van der Waals surface area contributed by atoms with Crippen LogP contribution in [-0.4, -0.2) is 37.9 Å². The van der Waals surface area contributed by atoms with Crippen LogP contribution in [0, 0.1) is 23.5 Å². The summed E-state index contributed by atoms with van der Waals surface area (Å²) in [4.78, 5) is 0. The van der Waals surface area contributed by atoms with E-state index in [0.29, 0.717) is 25.0 Å². The van der Waals surface area contributed by atoms with Gasteiger partial charge in [0.05, 0.1) is 31.5 Å². The van der Waals surface area contributed by atoms with Crippen molar-refractivity contribution in [2.24, 2.45) is 0 Å². The molecule has 1 aromatic carbocycles. The Morgan fingerprint density at radius 2 is 1.79 bits per heavy atom. The smallest absolute Gasteiger partial charge is 0.223 e. The maximum atomic E-state index is 14.6. The molecule has 0 bridgehead atoms. The van der Waals surface area contributed by atoms with Crippen molar-refractivity contribution < 1.29 is 27.4 Å². The molecule has 0 radical (unpaired) electrons. The molecular weight excluding hydrogens is 381 g/mol. The summed E-state index contributed by atoms with van der Waals surface area (Å²) in [5.41, 5.74) is -1.25. The highest BCUT2D eigenvalue weighted by Crippen LogP contribution is 2.32. The van der Waals surface area contributed by atoms with Gasteiger partial charge in [-0.2, -0.15) is 0 Å². The van der Waals surface area contributed by atoms with Crippen LogP contribution < -0.4 is 0 Å². The second-order valence-electron chi connectivity index (χ2n) is 7.97. The van der Waals surface area contributed by atoms with E-state index in [1.807, 2.05) is 6.92 Å². The highest BCUT2D eigenvalue weighted by Gasteiger charge is 2.35. The van der Waals surface area contributed by atoms with Crippen molar-refractivity contribution in [1.82, 2.24) is 0 Å². The van der Waals surface area contributed by atoms with Crippen LogP contribution in [0.4, 0.5) is 13.2 Å². The fourth-order valence-corrected chi connectivity index (χ4v) is 3.93. The predicted molar refractivity (Wildman–Crippen MR) is 104 cm³/mol. The molecule has 2 heterocycles. The normalized spacial score (nSPS) is 29.9. The maximum Gasteiger partial charge on any atom is 0.223 e. The SMILES string of the molecule is CCCC1CCC(c2ccc(C#CC3OCC(F)(CCC)CO3)c(F)c2F)CO1. The minimum Gasteiger partial charge on any atom is -0.378 e. The van der Waals surface area contributed by atoms with E-state index in [0.717, 1.165) is 25.7 Å². The summed E-state index contributed by atoms with van der Waals surface area (Å²) in [6, 6.07) is 3.05. The molecule has 0 spiro atoms. The van der Waals surface area contributed by atoms with E-state index in [1.54, 1.807) is 6.07 Å². The summed E-state index contributed by atoms with van der Waals surface area (Å²) in [5.74, 6) is 3.17. The van der Waals surface area contributed by atoms with Crippen molar-refractivity contribution in [3.8, 4) is 11.8 Å². The van der Waals surface area contributed by atoms with Gasteiger partial charge in [-0.1, -0.05) is 38.7 Å². The molecule has 6 heteroatoms. The molecule has 2 aliphatic heterocycles. The summed E-state index contributed by atoms with van der Waals surface area (Å²) < 4.78 is 59.8. The van der Waals surface area contributed by atoms with Crippen LogP contribution in [0.2, 0.25) is 0 Å². The number of alkyl halides is 1. The first-order valence-corrected chi connectivity index (χ1v) is 10.5. The maximum absolute atomic E-state index is 14.6. The fourth-order valence-electron chi connectivity index (χ4n) is 3.93. The lowest BCUT2D eigenvalue weighted by Gasteiger charge is -2.31. The third-order valence-corrected chi connectivity index (χ3v) is 5.54. The van der Waals surface area contributed by atoms with Gasteiger partial charge in [-0.05, 0) is 43.2 Å². The van der Waals surface area contributed by atoms with E-state index in [9.17, 15) is 13.2 Å². The third-order valence-electron chi connectivity index (χ3n) is 5.54. The molecule has 0 saturated carbocycles. The van der Waals surface area contributed by atoms with E-state index >= 15 is 0 Å². The zero-order valence-corrected chi connectivity index (χ0v) is 17.1. The van der Waals surface area contributed by atoms with E-state index in [-0.39, 0.29) is 30.8 Å². The molecule has 2 atom stereocenters.